The van der Waals surface area contributed by atoms with E-state index in [0.29, 0.717) is 0 Å². The van der Waals surface area contributed by atoms with Gasteiger partial charge in [-0.15, -0.1) is 5.11 Å². The molecule has 0 aliphatic carbocycles. The van der Waals surface area contributed by atoms with Gasteiger partial charge < -0.3 is 0 Å². The molecule has 0 N–H and O–H groups in total. The van der Waals surface area contributed by atoms with Gasteiger partial charge in [-0.25, -0.2) is 5.12 Å². The number of rotatable bonds is 1. The van der Waals surface area contributed by atoms with Crippen LogP contribution in [-0.4, -0.2) is 29.9 Å². The van der Waals surface area contributed by atoms with Gasteiger partial charge in [0.1, 0.15) is 6.17 Å². The highest BCUT2D eigenvalue weighted by Crippen LogP contribution is 2.11. The van der Waals surface area contributed by atoms with E-state index in [9.17, 15) is 0 Å². The highest BCUT2D eigenvalue weighted by molar-refractivity contribution is 4.58. The number of hydrogen-bond acceptors (Lipinski definition) is 4. The van der Waals surface area contributed by atoms with Crippen molar-refractivity contribution in [3.63, 3.8) is 0 Å². The Hall–Kier alpha value is -0.640. The standard InChI is InChI=1S/C5H12N4/c1-4-9-7-6-5(2)8(9)3/h5H,4H2,1-3H3/t5-/m0/s1. The van der Waals surface area contributed by atoms with Crippen LogP contribution < -0.4 is 0 Å². The second kappa shape index (κ2) is 2.31. The molecule has 0 aromatic heterocycles. The van der Waals surface area contributed by atoms with E-state index in [2.05, 4.69) is 10.3 Å². The number of hydrogen-bond donors (Lipinski definition) is 0. The lowest BCUT2D eigenvalue weighted by atomic mass is 10.6. The fourth-order valence-electron chi connectivity index (χ4n) is 0.751. The van der Waals surface area contributed by atoms with Crippen LogP contribution in [0.3, 0.4) is 0 Å². The molecule has 0 radical (unpaired) electrons. The van der Waals surface area contributed by atoms with Crippen molar-refractivity contribution >= 4 is 0 Å². The van der Waals surface area contributed by atoms with Crippen LogP contribution in [0.1, 0.15) is 13.8 Å². The molecule has 0 saturated heterocycles. The molecule has 0 spiro atoms. The topological polar surface area (TPSA) is 31.2 Å². The van der Waals surface area contributed by atoms with Crippen LogP contribution in [0.25, 0.3) is 0 Å². The maximum Gasteiger partial charge on any atom is 0.140 e. The van der Waals surface area contributed by atoms with E-state index in [0.717, 1.165) is 6.54 Å². The predicted molar refractivity (Wildman–Crippen MR) is 34.5 cm³/mol. The summed E-state index contributed by atoms with van der Waals surface area (Å²) in [5.41, 5.74) is 0. The van der Waals surface area contributed by atoms with E-state index < -0.39 is 0 Å². The molecule has 4 heteroatoms. The molecule has 0 saturated carbocycles. The van der Waals surface area contributed by atoms with Crippen molar-refractivity contribution < 1.29 is 0 Å². The summed E-state index contributed by atoms with van der Waals surface area (Å²) < 4.78 is 0. The van der Waals surface area contributed by atoms with Gasteiger partial charge in [0.2, 0.25) is 0 Å². The lowest BCUT2D eigenvalue weighted by molar-refractivity contribution is 0.0150. The summed E-state index contributed by atoms with van der Waals surface area (Å²) >= 11 is 0. The minimum atomic E-state index is 0.213. The Morgan fingerprint density at radius 3 is 2.44 bits per heavy atom. The van der Waals surface area contributed by atoms with Gasteiger partial charge in [0.25, 0.3) is 0 Å². The van der Waals surface area contributed by atoms with Gasteiger partial charge >= 0.3 is 0 Å². The predicted octanol–water partition coefficient (Wildman–Crippen LogP) is 0.882. The van der Waals surface area contributed by atoms with E-state index in [-0.39, 0.29) is 6.17 Å². The zero-order valence-corrected chi connectivity index (χ0v) is 6.07. The van der Waals surface area contributed by atoms with E-state index in [1.807, 2.05) is 31.0 Å². The van der Waals surface area contributed by atoms with E-state index >= 15 is 0 Å². The Bertz CT molecular complexity index is 122. The highest BCUT2D eigenvalue weighted by Gasteiger charge is 2.19. The van der Waals surface area contributed by atoms with E-state index in [1.54, 1.807) is 0 Å². The Balaban J connectivity index is 2.51. The van der Waals surface area contributed by atoms with Crippen LogP contribution in [0, 0.1) is 0 Å². The quantitative estimate of drug-likeness (QED) is 0.525. The molecule has 1 aliphatic heterocycles. The molecule has 0 bridgehead atoms. The second-order valence-corrected chi connectivity index (χ2v) is 2.10. The maximum atomic E-state index is 3.95. The van der Waals surface area contributed by atoms with Gasteiger partial charge in [0.05, 0.1) is 6.54 Å². The minimum Gasteiger partial charge on any atom is -0.207 e. The van der Waals surface area contributed by atoms with Gasteiger partial charge in [0.15, 0.2) is 0 Å². The number of hydrazine groups is 1. The van der Waals surface area contributed by atoms with Gasteiger partial charge in [-0.1, -0.05) is 5.22 Å². The fraction of sp³-hybridized carbons (Fsp3) is 1.00. The van der Waals surface area contributed by atoms with Gasteiger partial charge in [0, 0.05) is 7.05 Å². The summed E-state index contributed by atoms with van der Waals surface area (Å²) in [5.74, 6) is 0. The zero-order valence-electron chi connectivity index (χ0n) is 6.07. The Labute approximate surface area is 55.1 Å². The first-order valence-corrected chi connectivity index (χ1v) is 3.16. The van der Waals surface area contributed by atoms with Crippen molar-refractivity contribution in [1.29, 1.82) is 0 Å². The lowest BCUT2D eigenvalue weighted by Crippen LogP contribution is -2.35. The molecule has 0 aromatic carbocycles. The van der Waals surface area contributed by atoms with Gasteiger partial charge in [-0.05, 0) is 13.8 Å². The highest BCUT2D eigenvalue weighted by atomic mass is 15.9. The average molecular weight is 128 g/mol. The lowest BCUT2D eigenvalue weighted by Gasteiger charge is -2.21. The maximum absolute atomic E-state index is 3.95. The third-order valence-electron chi connectivity index (χ3n) is 1.51. The summed E-state index contributed by atoms with van der Waals surface area (Å²) in [5, 5.41) is 11.7. The largest absolute Gasteiger partial charge is 0.207 e. The third-order valence-corrected chi connectivity index (χ3v) is 1.51. The zero-order chi connectivity index (χ0) is 6.85. The van der Waals surface area contributed by atoms with E-state index in [4.69, 9.17) is 0 Å². The van der Waals surface area contributed by atoms with Crippen LogP contribution in [0.4, 0.5) is 0 Å². The monoisotopic (exact) mass is 128 g/mol. The van der Waals surface area contributed by atoms with Crippen molar-refractivity contribution in [3.05, 3.63) is 0 Å². The summed E-state index contributed by atoms with van der Waals surface area (Å²) in [6.07, 6.45) is 0.213. The summed E-state index contributed by atoms with van der Waals surface area (Å²) in [7, 11) is 1.98. The second-order valence-electron chi connectivity index (χ2n) is 2.10. The van der Waals surface area contributed by atoms with E-state index in [1.165, 1.54) is 0 Å². The molecule has 9 heavy (non-hydrogen) atoms. The molecule has 0 amide bonds. The molecule has 1 rings (SSSR count). The van der Waals surface area contributed by atoms with Crippen LogP contribution in [-0.2, 0) is 0 Å². The molecular weight excluding hydrogens is 116 g/mol. The van der Waals surface area contributed by atoms with Crippen molar-refractivity contribution in [2.45, 2.75) is 20.0 Å². The smallest absolute Gasteiger partial charge is 0.140 e. The van der Waals surface area contributed by atoms with Crippen LogP contribution >= 0.6 is 0 Å². The minimum absolute atomic E-state index is 0.213. The van der Waals surface area contributed by atoms with Gasteiger partial charge in [-0.3, -0.25) is 0 Å². The van der Waals surface area contributed by atoms with Crippen LogP contribution in [0.2, 0.25) is 0 Å². The van der Waals surface area contributed by atoms with Crippen molar-refractivity contribution in [2.24, 2.45) is 10.3 Å². The van der Waals surface area contributed by atoms with Crippen molar-refractivity contribution in [1.82, 2.24) is 10.1 Å². The molecule has 52 valence electrons. The Kier molecular flexibility index (Phi) is 1.66. The molecule has 1 heterocycles. The molecule has 0 unspecified atom stereocenters. The normalized spacial score (nSPS) is 27.9. The average Bonchev–Trinajstić information content (AvgIpc) is 2.15. The first kappa shape index (κ1) is 6.48. The van der Waals surface area contributed by atoms with Crippen LogP contribution in [0.5, 0.6) is 0 Å². The fourth-order valence-corrected chi connectivity index (χ4v) is 0.751. The first-order chi connectivity index (χ1) is 4.25. The Morgan fingerprint density at radius 1 is 1.56 bits per heavy atom. The Morgan fingerprint density at radius 2 is 2.22 bits per heavy atom. The molecular formula is C5H12N4. The van der Waals surface area contributed by atoms with Crippen molar-refractivity contribution in [2.75, 3.05) is 13.6 Å². The van der Waals surface area contributed by atoms with Gasteiger partial charge in [-0.2, -0.15) is 5.01 Å². The van der Waals surface area contributed by atoms with Crippen molar-refractivity contribution in [3.8, 4) is 0 Å². The molecule has 1 aliphatic rings. The summed E-state index contributed by atoms with van der Waals surface area (Å²) in [4.78, 5) is 0. The number of nitrogens with zero attached hydrogens (tertiary/aromatic N) is 4. The summed E-state index contributed by atoms with van der Waals surface area (Å²) in [6, 6.07) is 0. The molecule has 4 nitrogen and oxygen atoms in total. The molecule has 0 aromatic rings. The third kappa shape index (κ3) is 1.03. The SMILES string of the molecule is CCN1N=N[C@H](C)N1C. The molecule has 1 atom stereocenters. The van der Waals surface area contributed by atoms with Crippen LogP contribution in [0.15, 0.2) is 10.3 Å². The molecule has 0 fully saturated rings. The summed E-state index contributed by atoms with van der Waals surface area (Å²) in [6.45, 7) is 4.96. The first-order valence-electron chi connectivity index (χ1n) is 3.16.